The Morgan fingerprint density at radius 3 is 3.25 bits per heavy atom. The van der Waals surface area contributed by atoms with Crippen molar-refractivity contribution in [2.75, 3.05) is 6.23 Å². The number of aromatic amines is 1. The highest BCUT2D eigenvalue weighted by Gasteiger charge is 1.89. The van der Waals surface area contributed by atoms with Crippen LogP contribution >= 0.6 is 0 Å². The fourth-order valence-corrected chi connectivity index (χ4v) is 0.654. The molecule has 0 atom stereocenters. The van der Waals surface area contributed by atoms with Gasteiger partial charge in [-0.1, -0.05) is 0 Å². The molecule has 1 aromatic rings. The second-order valence-corrected chi connectivity index (χ2v) is 1.79. The third-order valence-electron chi connectivity index (χ3n) is 0.666. The first kappa shape index (κ1) is 5.30. The summed E-state index contributed by atoms with van der Waals surface area (Å²) in [5, 5.41) is 6.21. The monoisotopic (exact) mass is 129 g/mol. The summed E-state index contributed by atoms with van der Waals surface area (Å²) in [6, 6.07) is 0.444. The van der Waals surface area contributed by atoms with Crippen LogP contribution in [0, 0.1) is 0 Å². The van der Waals surface area contributed by atoms with Gasteiger partial charge in [-0.25, -0.2) is 0 Å². The molecule has 0 unspecified atom stereocenters. The fourth-order valence-electron chi connectivity index (χ4n) is 0.396. The lowest BCUT2D eigenvalue weighted by molar-refractivity contribution is 0.357. The molecule has 1 N–H and O–H groups in total. The smallest absolute Gasteiger partial charge is 0.334 e. The van der Waals surface area contributed by atoms with Crippen molar-refractivity contribution in [3.05, 3.63) is 6.33 Å². The van der Waals surface area contributed by atoms with E-state index in [2.05, 4.69) is 15.2 Å². The van der Waals surface area contributed by atoms with Gasteiger partial charge in [-0.15, -0.1) is 5.10 Å². The quantitative estimate of drug-likeness (QED) is 0.495. The fraction of sp³-hybridized carbons (Fsp3) is 0.333. The molecule has 0 saturated carbocycles. The lowest BCUT2D eigenvalue weighted by atomic mass is 11.2. The lowest BCUT2D eigenvalue weighted by Crippen LogP contribution is -1.96. The minimum absolute atomic E-state index is 0.444. The van der Waals surface area contributed by atoms with Crippen molar-refractivity contribution in [2.24, 2.45) is 0 Å². The Morgan fingerprint density at radius 1 is 1.88 bits per heavy atom. The molecule has 0 aliphatic heterocycles. The number of hydrogen-bond acceptors (Lipinski definition) is 3. The van der Waals surface area contributed by atoms with E-state index in [1.807, 2.05) is 0 Å². The van der Waals surface area contributed by atoms with Crippen LogP contribution in [0.25, 0.3) is 0 Å². The SMILES string of the molecule is [SiH3]COc1nc[nH]n1. The van der Waals surface area contributed by atoms with Crippen LogP contribution in [-0.2, 0) is 0 Å². The minimum Gasteiger partial charge on any atom is -0.467 e. The molecule has 4 nitrogen and oxygen atoms in total. The zero-order valence-corrected chi connectivity index (χ0v) is 6.59. The maximum Gasteiger partial charge on any atom is 0.334 e. The van der Waals surface area contributed by atoms with Crippen LogP contribution in [0.1, 0.15) is 0 Å². The van der Waals surface area contributed by atoms with Gasteiger partial charge in [0.2, 0.25) is 0 Å². The summed E-state index contributed by atoms with van der Waals surface area (Å²) in [5.74, 6) is 0. The van der Waals surface area contributed by atoms with Gasteiger partial charge in [0, 0.05) is 0 Å². The van der Waals surface area contributed by atoms with Crippen molar-refractivity contribution in [1.29, 1.82) is 0 Å². The molecule has 0 saturated heterocycles. The van der Waals surface area contributed by atoms with Crippen molar-refractivity contribution in [3.63, 3.8) is 0 Å². The Kier molecular flexibility index (Phi) is 1.63. The average molecular weight is 129 g/mol. The molecule has 8 heavy (non-hydrogen) atoms. The van der Waals surface area contributed by atoms with Crippen LogP contribution in [0.3, 0.4) is 0 Å². The van der Waals surface area contributed by atoms with E-state index in [9.17, 15) is 0 Å². The zero-order valence-electron chi connectivity index (χ0n) is 4.59. The first-order valence-corrected chi connectivity index (χ1v) is 3.83. The molecular weight excluding hydrogens is 122 g/mol. The van der Waals surface area contributed by atoms with Crippen LogP contribution in [-0.4, -0.2) is 31.7 Å². The van der Waals surface area contributed by atoms with Crippen LogP contribution in [0.5, 0.6) is 6.01 Å². The van der Waals surface area contributed by atoms with Gasteiger partial charge in [0.05, 0.1) is 16.5 Å². The number of nitrogens with zero attached hydrogens (tertiary/aromatic N) is 2. The van der Waals surface area contributed by atoms with E-state index < -0.39 is 0 Å². The largest absolute Gasteiger partial charge is 0.467 e. The summed E-state index contributed by atoms with van der Waals surface area (Å²) in [6.45, 7) is 0. The Labute approximate surface area is 49.7 Å². The van der Waals surface area contributed by atoms with E-state index >= 15 is 0 Å². The molecule has 0 aromatic carbocycles. The van der Waals surface area contributed by atoms with Crippen molar-refractivity contribution in [1.82, 2.24) is 15.2 Å². The van der Waals surface area contributed by atoms with E-state index in [1.165, 1.54) is 6.33 Å². The average Bonchev–Trinajstić information content (AvgIpc) is 2.19. The molecule has 0 spiro atoms. The van der Waals surface area contributed by atoms with Gasteiger partial charge in [0.15, 0.2) is 0 Å². The standard InChI is InChI=1S/C3H7N3OSi/c8-2-7-3-4-1-5-6-3/h1H,2H2,8H3,(H,4,5,6). The predicted molar refractivity (Wildman–Crippen MR) is 31.8 cm³/mol. The molecule has 0 amide bonds. The molecule has 1 aromatic heterocycles. The third-order valence-corrected chi connectivity index (χ3v) is 0.955. The van der Waals surface area contributed by atoms with E-state index in [-0.39, 0.29) is 0 Å². The summed E-state index contributed by atoms with van der Waals surface area (Å²) < 4.78 is 4.95. The van der Waals surface area contributed by atoms with Crippen LogP contribution in [0.2, 0.25) is 0 Å². The molecule has 0 bridgehead atoms. The van der Waals surface area contributed by atoms with Gasteiger partial charge in [-0.2, -0.15) is 4.98 Å². The minimum atomic E-state index is 0.444. The van der Waals surface area contributed by atoms with Crippen LogP contribution in [0.4, 0.5) is 0 Å². The molecule has 44 valence electrons. The lowest BCUT2D eigenvalue weighted by Gasteiger charge is -1.90. The van der Waals surface area contributed by atoms with Gasteiger partial charge < -0.3 is 4.74 Å². The number of rotatable bonds is 2. The normalized spacial score (nSPS) is 9.50. The maximum atomic E-state index is 4.95. The topological polar surface area (TPSA) is 50.8 Å². The second-order valence-electron chi connectivity index (χ2n) is 1.21. The summed E-state index contributed by atoms with van der Waals surface area (Å²) >= 11 is 0. The number of H-pyrrole nitrogens is 1. The number of ether oxygens (including phenoxy) is 1. The number of aromatic nitrogens is 3. The van der Waals surface area contributed by atoms with Gasteiger partial charge in [-0.3, -0.25) is 5.10 Å². The summed E-state index contributed by atoms with van der Waals surface area (Å²) in [6.07, 6.45) is 2.24. The van der Waals surface area contributed by atoms with Gasteiger partial charge in [0.25, 0.3) is 0 Å². The third kappa shape index (κ3) is 1.06. The highest BCUT2D eigenvalue weighted by molar-refractivity contribution is 6.08. The summed E-state index contributed by atoms with van der Waals surface area (Å²) in [4.78, 5) is 3.74. The van der Waals surface area contributed by atoms with Crippen molar-refractivity contribution < 1.29 is 4.74 Å². The van der Waals surface area contributed by atoms with Gasteiger partial charge in [-0.05, 0) is 0 Å². The predicted octanol–water partition coefficient (Wildman–Crippen LogP) is -1.49. The van der Waals surface area contributed by atoms with Crippen molar-refractivity contribution in [2.45, 2.75) is 0 Å². The van der Waals surface area contributed by atoms with Gasteiger partial charge in [0.1, 0.15) is 6.33 Å². The Balaban J connectivity index is 2.50. The van der Waals surface area contributed by atoms with E-state index in [1.54, 1.807) is 0 Å². The summed E-state index contributed by atoms with van der Waals surface area (Å²) in [7, 11) is 1.02. The van der Waals surface area contributed by atoms with Crippen LogP contribution < -0.4 is 4.74 Å². The van der Waals surface area contributed by atoms with Crippen molar-refractivity contribution in [3.8, 4) is 6.01 Å². The Bertz CT molecular complexity index is 140. The molecule has 0 aliphatic carbocycles. The van der Waals surface area contributed by atoms with E-state index in [4.69, 9.17) is 4.74 Å². The highest BCUT2D eigenvalue weighted by Crippen LogP contribution is 1.92. The van der Waals surface area contributed by atoms with E-state index in [0.717, 1.165) is 16.5 Å². The maximum absolute atomic E-state index is 4.95. The summed E-state index contributed by atoms with van der Waals surface area (Å²) in [5.41, 5.74) is 0. The molecule has 1 heterocycles. The Hall–Kier alpha value is -0.843. The van der Waals surface area contributed by atoms with Crippen molar-refractivity contribution >= 4 is 10.2 Å². The number of hydrogen-bond donors (Lipinski definition) is 1. The molecule has 5 heteroatoms. The second kappa shape index (κ2) is 2.46. The molecule has 0 radical (unpaired) electrons. The molecule has 0 aliphatic rings. The van der Waals surface area contributed by atoms with Gasteiger partial charge >= 0.3 is 6.01 Å². The number of nitrogens with one attached hydrogen (secondary N) is 1. The first-order chi connectivity index (χ1) is 3.93. The molecule has 0 fully saturated rings. The molecule has 1 rings (SSSR count). The molecular formula is C3H7N3OSi. The highest BCUT2D eigenvalue weighted by atomic mass is 28.1. The van der Waals surface area contributed by atoms with Crippen LogP contribution in [0.15, 0.2) is 6.33 Å². The van der Waals surface area contributed by atoms with E-state index in [0.29, 0.717) is 6.01 Å². The Morgan fingerprint density at radius 2 is 2.75 bits per heavy atom. The first-order valence-electron chi connectivity index (χ1n) is 2.42. The zero-order chi connectivity index (χ0) is 5.82.